The van der Waals surface area contributed by atoms with E-state index < -0.39 is 11.7 Å². The third kappa shape index (κ3) is 3.86. The van der Waals surface area contributed by atoms with Crippen LogP contribution in [0.15, 0.2) is 41.0 Å². The maximum atomic E-state index is 12.5. The molecule has 0 saturated heterocycles. The van der Waals surface area contributed by atoms with Gasteiger partial charge in [0.05, 0.1) is 10.6 Å². The highest BCUT2D eigenvalue weighted by Gasteiger charge is 2.31. The van der Waals surface area contributed by atoms with E-state index in [4.69, 9.17) is 11.6 Å². The van der Waals surface area contributed by atoms with Gasteiger partial charge in [0, 0.05) is 17.2 Å². The predicted molar refractivity (Wildman–Crippen MR) is 75.7 cm³/mol. The molecule has 106 valence electrons. The van der Waals surface area contributed by atoms with Crippen molar-refractivity contribution in [2.24, 2.45) is 0 Å². The molecule has 0 saturated carbocycles. The number of benzene rings is 1. The molecule has 1 aromatic heterocycles. The lowest BCUT2D eigenvalue weighted by Crippen LogP contribution is -2.08. The van der Waals surface area contributed by atoms with Crippen LogP contribution in [0.1, 0.15) is 11.1 Å². The molecule has 2 nitrogen and oxygen atoms in total. The van der Waals surface area contributed by atoms with E-state index in [0.717, 1.165) is 22.3 Å². The van der Waals surface area contributed by atoms with Gasteiger partial charge in [0.1, 0.15) is 5.82 Å². The van der Waals surface area contributed by atoms with Gasteiger partial charge in [-0.3, -0.25) is 0 Å². The SMILES string of the molecule is FC(F)(F)c1cnc(NCc2cccc(Br)c2)c(Cl)c1. The summed E-state index contributed by atoms with van der Waals surface area (Å²) in [5.74, 6) is 0.222. The van der Waals surface area contributed by atoms with Crippen LogP contribution in [0.25, 0.3) is 0 Å². The number of alkyl halides is 3. The van der Waals surface area contributed by atoms with Gasteiger partial charge in [-0.2, -0.15) is 13.2 Å². The molecule has 1 N–H and O–H groups in total. The van der Waals surface area contributed by atoms with Gasteiger partial charge in [-0.15, -0.1) is 0 Å². The molecule has 2 aromatic rings. The normalized spacial score (nSPS) is 11.4. The van der Waals surface area contributed by atoms with Crippen LogP contribution in [0.2, 0.25) is 5.02 Å². The van der Waals surface area contributed by atoms with Crippen LogP contribution in [0.5, 0.6) is 0 Å². The Morgan fingerprint density at radius 3 is 2.60 bits per heavy atom. The maximum absolute atomic E-state index is 12.5. The van der Waals surface area contributed by atoms with E-state index in [0.29, 0.717) is 6.54 Å². The molecule has 1 heterocycles. The van der Waals surface area contributed by atoms with Crippen molar-refractivity contribution in [1.82, 2.24) is 4.98 Å². The minimum absolute atomic E-state index is 0.0604. The van der Waals surface area contributed by atoms with Gasteiger partial charge < -0.3 is 5.32 Å². The summed E-state index contributed by atoms with van der Waals surface area (Å²) in [7, 11) is 0. The summed E-state index contributed by atoms with van der Waals surface area (Å²) in [5.41, 5.74) is 0.0904. The van der Waals surface area contributed by atoms with Gasteiger partial charge >= 0.3 is 6.18 Å². The average molecular weight is 366 g/mol. The second-order valence-electron chi connectivity index (χ2n) is 4.04. The Balaban J connectivity index is 2.11. The maximum Gasteiger partial charge on any atom is 0.417 e. The van der Waals surface area contributed by atoms with Gasteiger partial charge in [0.15, 0.2) is 0 Å². The van der Waals surface area contributed by atoms with Crippen LogP contribution in [-0.2, 0) is 12.7 Å². The molecule has 20 heavy (non-hydrogen) atoms. The lowest BCUT2D eigenvalue weighted by molar-refractivity contribution is -0.137. The first-order chi connectivity index (χ1) is 9.36. The number of pyridine rings is 1. The molecule has 0 bridgehead atoms. The number of aromatic nitrogens is 1. The molecular formula is C13H9BrClF3N2. The smallest absolute Gasteiger partial charge is 0.365 e. The highest BCUT2D eigenvalue weighted by Crippen LogP contribution is 2.32. The van der Waals surface area contributed by atoms with E-state index in [1.807, 2.05) is 24.3 Å². The number of nitrogens with one attached hydrogen (secondary N) is 1. The third-order valence-electron chi connectivity index (χ3n) is 2.52. The Morgan fingerprint density at radius 1 is 1.25 bits per heavy atom. The molecule has 0 spiro atoms. The Morgan fingerprint density at radius 2 is 2.00 bits per heavy atom. The minimum Gasteiger partial charge on any atom is -0.365 e. The quantitative estimate of drug-likeness (QED) is 0.816. The number of anilines is 1. The number of nitrogens with zero attached hydrogens (tertiary/aromatic N) is 1. The predicted octanol–water partition coefficient (Wildman–Crippen LogP) is 5.13. The zero-order valence-corrected chi connectivity index (χ0v) is 12.4. The molecule has 0 atom stereocenters. The summed E-state index contributed by atoms with van der Waals surface area (Å²) < 4.78 is 38.3. The Hall–Kier alpha value is -1.27. The summed E-state index contributed by atoms with van der Waals surface area (Å²) in [6.45, 7) is 0.414. The fraction of sp³-hybridized carbons (Fsp3) is 0.154. The standard InChI is InChI=1S/C13H9BrClF3N2/c14-10-3-1-2-8(4-10)6-19-12-11(15)5-9(7-20-12)13(16,17)18/h1-5,7H,6H2,(H,19,20). The number of rotatable bonds is 3. The minimum atomic E-state index is -4.44. The monoisotopic (exact) mass is 364 g/mol. The second kappa shape index (κ2) is 6.01. The molecule has 0 amide bonds. The van der Waals surface area contributed by atoms with E-state index in [-0.39, 0.29) is 10.8 Å². The lowest BCUT2D eigenvalue weighted by Gasteiger charge is -2.11. The van der Waals surface area contributed by atoms with Crippen molar-refractivity contribution < 1.29 is 13.2 Å². The van der Waals surface area contributed by atoms with Crippen LogP contribution < -0.4 is 5.32 Å². The number of halogens is 5. The van der Waals surface area contributed by atoms with Crippen molar-refractivity contribution in [1.29, 1.82) is 0 Å². The van der Waals surface area contributed by atoms with Gasteiger partial charge in [-0.25, -0.2) is 4.98 Å². The molecule has 0 fully saturated rings. The second-order valence-corrected chi connectivity index (χ2v) is 5.36. The molecule has 0 aliphatic heterocycles. The summed E-state index contributed by atoms with van der Waals surface area (Å²) in [6, 6.07) is 8.38. The molecule has 0 radical (unpaired) electrons. The van der Waals surface area contributed by atoms with Crippen LogP contribution in [-0.4, -0.2) is 4.98 Å². The van der Waals surface area contributed by atoms with Gasteiger partial charge in [0.25, 0.3) is 0 Å². The Labute approximate surface area is 127 Å². The average Bonchev–Trinajstić information content (AvgIpc) is 2.36. The van der Waals surface area contributed by atoms with Crippen LogP contribution in [0.4, 0.5) is 19.0 Å². The van der Waals surface area contributed by atoms with Crippen LogP contribution in [0.3, 0.4) is 0 Å². The van der Waals surface area contributed by atoms with Crippen molar-refractivity contribution in [2.75, 3.05) is 5.32 Å². The molecule has 0 unspecified atom stereocenters. The first-order valence-corrected chi connectivity index (χ1v) is 6.74. The summed E-state index contributed by atoms with van der Waals surface area (Å²) in [5, 5.41) is 2.84. The lowest BCUT2D eigenvalue weighted by atomic mass is 10.2. The topological polar surface area (TPSA) is 24.9 Å². The van der Waals surface area contributed by atoms with E-state index in [1.54, 1.807) is 0 Å². The third-order valence-corrected chi connectivity index (χ3v) is 3.30. The Kier molecular flexibility index (Phi) is 4.55. The summed E-state index contributed by atoms with van der Waals surface area (Å²) in [6.07, 6.45) is -3.69. The van der Waals surface area contributed by atoms with Crippen molar-refractivity contribution in [3.63, 3.8) is 0 Å². The van der Waals surface area contributed by atoms with E-state index >= 15 is 0 Å². The van der Waals surface area contributed by atoms with E-state index in [9.17, 15) is 13.2 Å². The Bertz CT molecular complexity index is 617. The van der Waals surface area contributed by atoms with E-state index in [2.05, 4.69) is 26.2 Å². The zero-order chi connectivity index (χ0) is 14.8. The zero-order valence-electron chi connectivity index (χ0n) is 10.0. The van der Waals surface area contributed by atoms with Crippen molar-refractivity contribution in [2.45, 2.75) is 12.7 Å². The molecule has 0 aliphatic carbocycles. The summed E-state index contributed by atoms with van der Waals surface area (Å²) >= 11 is 9.14. The van der Waals surface area contributed by atoms with Crippen LogP contribution in [0, 0.1) is 0 Å². The molecule has 7 heteroatoms. The van der Waals surface area contributed by atoms with Gasteiger partial charge in [-0.05, 0) is 23.8 Å². The molecular weight excluding hydrogens is 357 g/mol. The van der Waals surface area contributed by atoms with Gasteiger partial charge in [-0.1, -0.05) is 39.7 Å². The van der Waals surface area contributed by atoms with Gasteiger partial charge in [0.2, 0.25) is 0 Å². The number of hydrogen-bond donors (Lipinski definition) is 1. The summed E-state index contributed by atoms with van der Waals surface area (Å²) in [4.78, 5) is 3.71. The van der Waals surface area contributed by atoms with Crippen molar-refractivity contribution >= 4 is 33.3 Å². The van der Waals surface area contributed by atoms with Crippen LogP contribution >= 0.6 is 27.5 Å². The molecule has 1 aromatic carbocycles. The first-order valence-electron chi connectivity index (χ1n) is 5.57. The fourth-order valence-corrected chi connectivity index (χ4v) is 2.24. The molecule has 0 aliphatic rings. The van der Waals surface area contributed by atoms with Crippen molar-refractivity contribution in [3.05, 3.63) is 57.2 Å². The van der Waals surface area contributed by atoms with E-state index in [1.165, 1.54) is 0 Å². The van der Waals surface area contributed by atoms with Crippen molar-refractivity contribution in [3.8, 4) is 0 Å². The fourth-order valence-electron chi connectivity index (χ4n) is 1.56. The molecule has 2 rings (SSSR count). The largest absolute Gasteiger partial charge is 0.417 e. The highest BCUT2D eigenvalue weighted by molar-refractivity contribution is 9.10. The highest BCUT2D eigenvalue weighted by atomic mass is 79.9. The first kappa shape index (κ1) is 15.1. The number of hydrogen-bond acceptors (Lipinski definition) is 2.